The van der Waals surface area contributed by atoms with E-state index in [4.69, 9.17) is 5.73 Å². The van der Waals surface area contributed by atoms with Gasteiger partial charge in [-0.05, 0) is 56.4 Å². The summed E-state index contributed by atoms with van der Waals surface area (Å²) in [5.41, 5.74) is 9.36. The molecule has 0 aromatic heterocycles. The molecule has 0 bridgehead atoms. The molecule has 2 amide bonds. The third kappa shape index (κ3) is 7.17. The number of nitrogens with two attached hydrogens (primary N) is 1. The molecule has 1 atom stereocenters. The summed E-state index contributed by atoms with van der Waals surface area (Å²) in [6.07, 6.45) is 5.98. The van der Waals surface area contributed by atoms with Crippen molar-refractivity contribution in [3.63, 3.8) is 0 Å². The highest BCUT2D eigenvalue weighted by atomic mass is 32.2. The van der Waals surface area contributed by atoms with Gasteiger partial charge in [-0.2, -0.15) is 0 Å². The van der Waals surface area contributed by atoms with Crippen LogP contribution in [0.15, 0.2) is 12.1 Å². The number of piperazine rings is 1. The van der Waals surface area contributed by atoms with Crippen molar-refractivity contribution >= 4 is 33.0 Å². The minimum Gasteiger partial charge on any atom is -0.399 e. The molecular formula is C24H38N4O4S. The number of anilines is 2. The summed E-state index contributed by atoms with van der Waals surface area (Å²) in [5, 5.41) is 2.89. The van der Waals surface area contributed by atoms with Crippen molar-refractivity contribution in [1.29, 1.82) is 0 Å². The fourth-order valence-corrected chi connectivity index (χ4v) is 5.62. The topological polar surface area (TPSA) is 113 Å². The molecule has 1 saturated heterocycles. The van der Waals surface area contributed by atoms with Crippen molar-refractivity contribution in [3.05, 3.63) is 23.3 Å². The standard InChI is InChI=1S/C24H38N4O4S/c1-17-15-27(10-11-28(17)24(30)19-7-4-5-8-19)16-20-13-21(25)14-22(18(20)2)26-23(29)9-6-12-33(3,31)32/h13-14,17,19H,4-12,15-16,25H2,1-3H3,(H,26,29)/t17-/m0/s1. The van der Waals surface area contributed by atoms with E-state index in [1.165, 1.54) is 6.26 Å². The lowest BCUT2D eigenvalue weighted by Gasteiger charge is -2.41. The number of nitrogen functional groups attached to an aromatic ring is 1. The lowest BCUT2D eigenvalue weighted by atomic mass is 10.0. The first-order valence-electron chi connectivity index (χ1n) is 11.9. The van der Waals surface area contributed by atoms with Gasteiger partial charge in [-0.25, -0.2) is 8.42 Å². The second-order valence-electron chi connectivity index (χ2n) is 9.73. The normalized spacial score (nSPS) is 20.2. The van der Waals surface area contributed by atoms with Gasteiger partial charge in [-0.3, -0.25) is 14.5 Å². The Morgan fingerprint density at radius 2 is 1.88 bits per heavy atom. The van der Waals surface area contributed by atoms with Gasteiger partial charge in [-0.15, -0.1) is 0 Å². The van der Waals surface area contributed by atoms with E-state index in [2.05, 4.69) is 22.0 Å². The summed E-state index contributed by atoms with van der Waals surface area (Å²) >= 11 is 0. The minimum atomic E-state index is -3.08. The summed E-state index contributed by atoms with van der Waals surface area (Å²) in [5.74, 6) is 0.306. The zero-order valence-corrected chi connectivity index (χ0v) is 20.9. The van der Waals surface area contributed by atoms with E-state index in [-0.39, 0.29) is 30.0 Å². The van der Waals surface area contributed by atoms with E-state index in [0.29, 0.717) is 30.2 Å². The number of rotatable bonds is 8. The van der Waals surface area contributed by atoms with Gasteiger partial charge in [-0.1, -0.05) is 12.8 Å². The third-order valence-corrected chi connectivity index (χ3v) is 7.85. The van der Waals surface area contributed by atoms with Crippen LogP contribution in [0.25, 0.3) is 0 Å². The number of nitrogens with zero attached hydrogens (tertiary/aromatic N) is 2. The number of hydrogen-bond acceptors (Lipinski definition) is 6. The highest BCUT2D eigenvalue weighted by Gasteiger charge is 2.33. The number of hydrogen-bond donors (Lipinski definition) is 2. The van der Waals surface area contributed by atoms with Crippen LogP contribution in [0.1, 0.15) is 56.6 Å². The zero-order valence-electron chi connectivity index (χ0n) is 20.1. The molecule has 3 N–H and O–H groups in total. The van der Waals surface area contributed by atoms with Crippen molar-refractivity contribution in [2.75, 3.05) is 42.7 Å². The van der Waals surface area contributed by atoms with Crippen LogP contribution in [-0.4, -0.2) is 67.7 Å². The fraction of sp³-hybridized carbons (Fsp3) is 0.667. The molecule has 2 aliphatic rings. The van der Waals surface area contributed by atoms with Crippen LogP contribution in [0.2, 0.25) is 0 Å². The van der Waals surface area contributed by atoms with Gasteiger partial charge in [0.05, 0.1) is 5.75 Å². The average Bonchev–Trinajstić information content (AvgIpc) is 3.25. The lowest BCUT2D eigenvalue weighted by molar-refractivity contribution is -0.140. The molecule has 1 aromatic carbocycles. The van der Waals surface area contributed by atoms with E-state index < -0.39 is 9.84 Å². The molecule has 0 radical (unpaired) electrons. The van der Waals surface area contributed by atoms with Crippen molar-refractivity contribution in [2.45, 2.75) is 65.0 Å². The van der Waals surface area contributed by atoms with Gasteiger partial charge in [0.1, 0.15) is 9.84 Å². The first-order valence-corrected chi connectivity index (χ1v) is 14.0. The van der Waals surface area contributed by atoms with Gasteiger partial charge < -0.3 is 16.0 Å². The molecule has 1 aromatic rings. The Morgan fingerprint density at radius 1 is 1.18 bits per heavy atom. The second kappa shape index (κ2) is 10.9. The van der Waals surface area contributed by atoms with Crippen molar-refractivity contribution in [3.8, 4) is 0 Å². The van der Waals surface area contributed by atoms with Crippen LogP contribution in [-0.2, 0) is 26.0 Å². The molecule has 1 aliphatic heterocycles. The monoisotopic (exact) mass is 478 g/mol. The fourth-order valence-electron chi connectivity index (χ4n) is 4.95. The molecule has 8 nitrogen and oxygen atoms in total. The van der Waals surface area contributed by atoms with Crippen molar-refractivity contribution < 1.29 is 18.0 Å². The number of benzene rings is 1. The van der Waals surface area contributed by atoms with E-state index in [0.717, 1.165) is 56.4 Å². The quantitative estimate of drug-likeness (QED) is 0.555. The van der Waals surface area contributed by atoms with Crippen LogP contribution >= 0.6 is 0 Å². The molecule has 9 heteroatoms. The SMILES string of the molecule is Cc1c(CN2CCN(C(=O)C3CCCC3)[C@@H](C)C2)cc(N)cc1NC(=O)CCCS(C)(=O)=O. The Kier molecular flexibility index (Phi) is 8.39. The first kappa shape index (κ1) is 25.5. The summed E-state index contributed by atoms with van der Waals surface area (Å²) in [6, 6.07) is 3.85. The van der Waals surface area contributed by atoms with E-state index in [1.807, 2.05) is 13.0 Å². The van der Waals surface area contributed by atoms with Crippen molar-refractivity contribution in [1.82, 2.24) is 9.80 Å². The number of nitrogens with one attached hydrogen (secondary N) is 1. The molecule has 1 saturated carbocycles. The van der Waals surface area contributed by atoms with Crippen molar-refractivity contribution in [2.24, 2.45) is 5.92 Å². The highest BCUT2D eigenvalue weighted by molar-refractivity contribution is 7.90. The molecular weight excluding hydrogens is 440 g/mol. The zero-order chi connectivity index (χ0) is 24.2. The maximum absolute atomic E-state index is 12.9. The molecule has 1 heterocycles. The van der Waals surface area contributed by atoms with Gasteiger partial charge in [0.2, 0.25) is 11.8 Å². The molecule has 184 valence electrons. The Bertz CT molecular complexity index is 973. The largest absolute Gasteiger partial charge is 0.399 e. The number of carbonyl (C=O) groups excluding carboxylic acids is 2. The van der Waals surface area contributed by atoms with Crippen LogP contribution in [0.4, 0.5) is 11.4 Å². The summed E-state index contributed by atoms with van der Waals surface area (Å²) in [6.45, 7) is 7.13. The number of amides is 2. The molecule has 2 fully saturated rings. The van der Waals surface area contributed by atoms with Gasteiger partial charge >= 0.3 is 0 Å². The number of carbonyl (C=O) groups is 2. The second-order valence-corrected chi connectivity index (χ2v) is 12.0. The Balaban J connectivity index is 1.59. The molecule has 33 heavy (non-hydrogen) atoms. The highest BCUT2D eigenvalue weighted by Crippen LogP contribution is 2.29. The predicted molar refractivity (Wildman–Crippen MR) is 132 cm³/mol. The molecule has 1 aliphatic carbocycles. The summed E-state index contributed by atoms with van der Waals surface area (Å²) in [7, 11) is -3.08. The molecule has 0 unspecified atom stereocenters. The van der Waals surface area contributed by atoms with Gasteiger partial charge in [0.15, 0.2) is 0 Å². The summed E-state index contributed by atoms with van der Waals surface area (Å²) < 4.78 is 22.6. The average molecular weight is 479 g/mol. The Morgan fingerprint density at radius 3 is 2.52 bits per heavy atom. The molecule has 0 spiro atoms. The van der Waals surface area contributed by atoms with Crippen LogP contribution < -0.4 is 11.1 Å². The molecule has 3 rings (SSSR count). The maximum Gasteiger partial charge on any atom is 0.226 e. The minimum absolute atomic E-state index is 0.00497. The number of sulfone groups is 1. The first-order chi connectivity index (χ1) is 15.5. The predicted octanol–water partition coefficient (Wildman–Crippen LogP) is 2.56. The van der Waals surface area contributed by atoms with E-state index >= 15 is 0 Å². The summed E-state index contributed by atoms with van der Waals surface area (Å²) in [4.78, 5) is 29.6. The Hall–Kier alpha value is -2.13. The third-order valence-electron chi connectivity index (χ3n) is 6.82. The van der Waals surface area contributed by atoms with Gasteiger partial charge in [0.25, 0.3) is 0 Å². The van der Waals surface area contributed by atoms with E-state index in [1.54, 1.807) is 6.07 Å². The van der Waals surface area contributed by atoms with E-state index in [9.17, 15) is 18.0 Å². The van der Waals surface area contributed by atoms with Crippen LogP contribution in [0, 0.1) is 12.8 Å². The van der Waals surface area contributed by atoms with Crippen LogP contribution in [0.3, 0.4) is 0 Å². The maximum atomic E-state index is 12.9. The van der Waals surface area contributed by atoms with Gasteiger partial charge in [0, 0.05) is 62.2 Å². The lowest BCUT2D eigenvalue weighted by Crippen LogP contribution is -2.54. The smallest absolute Gasteiger partial charge is 0.226 e. The Labute approximate surface area is 197 Å². The van der Waals surface area contributed by atoms with Crippen LogP contribution in [0.5, 0.6) is 0 Å².